The van der Waals surface area contributed by atoms with Gasteiger partial charge >= 0.3 is 0 Å². The normalized spacial score (nSPS) is 23.4. The molecule has 1 saturated heterocycles. The van der Waals surface area contributed by atoms with Gasteiger partial charge in [0.1, 0.15) is 12.0 Å². The number of nitrogens with zero attached hydrogens (tertiary/aromatic N) is 3. The molecule has 2 aliphatic rings. The van der Waals surface area contributed by atoms with E-state index in [1.165, 1.54) is 0 Å². The number of carbonyl (C=O) groups is 1. The van der Waals surface area contributed by atoms with Crippen LogP contribution in [0.3, 0.4) is 0 Å². The molecular weight excluding hydrogens is 252 g/mol. The fourth-order valence-corrected chi connectivity index (χ4v) is 2.89. The summed E-state index contributed by atoms with van der Waals surface area (Å²) in [6.45, 7) is 7.20. The van der Waals surface area contributed by atoms with Crippen molar-refractivity contribution in [3.63, 3.8) is 0 Å². The van der Waals surface area contributed by atoms with Crippen molar-refractivity contribution < 1.29 is 4.79 Å². The SMILES string of the molecule is CCN=C1CN2C(=O)c3ccccc3NC2CN1CC. The number of para-hydroxylation sites is 1. The second-order valence-electron chi connectivity index (χ2n) is 5.07. The number of rotatable bonds is 2. The van der Waals surface area contributed by atoms with Crippen LogP contribution in [-0.4, -0.2) is 53.9 Å². The van der Waals surface area contributed by atoms with E-state index in [0.29, 0.717) is 6.54 Å². The van der Waals surface area contributed by atoms with Gasteiger partial charge in [0, 0.05) is 18.8 Å². The lowest BCUT2D eigenvalue weighted by Gasteiger charge is -2.45. The van der Waals surface area contributed by atoms with Crippen molar-refractivity contribution in [3.8, 4) is 0 Å². The molecule has 5 heteroatoms. The van der Waals surface area contributed by atoms with Gasteiger partial charge in [-0.25, -0.2) is 0 Å². The third-order valence-corrected chi connectivity index (χ3v) is 3.91. The number of likely N-dealkylation sites (N-methyl/N-ethyl adjacent to an activating group) is 1. The van der Waals surface area contributed by atoms with Gasteiger partial charge in [-0.3, -0.25) is 9.79 Å². The van der Waals surface area contributed by atoms with Gasteiger partial charge in [-0.15, -0.1) is 0 Å². The third kappa shape index (κ3) is 2.03. The second-order valence-corrected chi connectivity index (χ2v) is 5.07. The van der Waals surface area contributed by atoms with E-state index < -0.39 is 0 Å². The van der Waals surface area contributed by atoms with E-state index in [1.807, 2.05) is 36.1 Å². The van der Waals surface area contributed by atoms with Crippen LogP contribution in [0.1, 0.15) is 24.2 Å². The standard InChI is InChI=1S/C15H20N4O/c1-3-16-13-10-19-14(9-18(13)4-2)17-12-8-6-5-7-11(12)15(19)20/h5-8,14,17H,3-4,9-10H2,1-2H3. The molecule has 2 aliphatic heterocycles. The average Bonchev–Trinajstić information content (AvgIpc) is 2.48. The van der Waals surface area contributed by atoms with Crippen molar-refractivity contribution in [2.24, 2.45) is 4.99 Å². The zero-order valence-electron chi connectivity index (χ0n) is 12.0. The summed E-state index contributed by atoms with van der Waals surface area (Å²) in [6, 6.07) is 7.71. The number of hydrogen-bond donors (Lipinski definition) is 1. The predicted molar refractivity (Wildman–Crippen MR) is 80.1 cm³/mol. The van der Waals surface area contributed by atoms with E-state index >= 15 is 0 Å². The van der Waals surface area contributed by atoms with E-state index in [1.54, 1.807) is 0 Å². The Balaban J connectivity index is 1.93. The highest BCUT2D eigenvalue weighted by molar-refractivity contribution is 6.04. The number of carbonyl (C=O) groups excluding carboxylic acids is 1. The predicted octanol–water partition coefficient (Wildman–Crippen LogP) is 1.63. The molecule has 1 fully saturated rings. The average molecular weight is 272 g/mol. The van der Waals surface area contributed by atoms with Gasteiger partial charge in [0.05, 0.1) is 18.7 Å². The highest BCUT2D eigenvalue weighted by Gasteiger charge is 2.37. The molecule has 1 aromatic rings. The Morgan fingerprint density at radius 1 is 1.35 bits per heavy atom. The van der Waals surface area contributed by atoms with Crippen LogP contribution < -0.4 is 5.32 Å². The van der Waals surface area contributed by atoms with Gasteiger partial charge in [-0.2, -0.15) is 0 Å². The molecule has 1 amide bonds. The Hall–Kier alpha value is -2.04. The van der Waals surface area contributed by atoms with E-state index in [0.717, 1.165) is 36.7 Å². The van der Waals surface area contributed by atoms with Gasteiger partial charge < -0.3 is 15.1 Å². The first kappa shape index (κ1) is 13.0. The first-order valence-electron chi connectivity index (χ1n) is 7.19. The zero-order valence-corrected chi connectivity index (χ0v) is 12.0. The van der Waals surface area contributed by atoms with Gasteiger partial charge in [0.2, 0.25) is 0 Å². The Bertz CT molecular complexity index is 555. The molecule has 3 rings (SSSR count). The molecule has 1 atom stereocenters. The van der Waals surface area contributed by atoms with Crippen molar-refractivity contribution in [2.75, 3.05) is 31.5 Å². The van der Waals surface area contributed by atoms with Gasteiger partial charge in [0.25, 0.3) is 5.91 Å². The molecule has 2 heterocycles. The summed E-state index contributed by atoms with van der Waals surface area (Å²) in [5, 5.41) is 3.46. The van der Waals surface area contributed by atoms with Crippen molar-refractivity contribution in [1.29, 1.82) is 0 Å². The molecule has 1 aromatic carbocycles. The van der Waals surface area contributed by atoms with E-state index in [2.05, 4.69) is 22.1 Å². The van der Waals surface area contributed by atoms with Crippen molar-refractivity contribution in [2.45, 2.75) is 20.0 Å². The Morgan fingerprint density at radius 2 is 2.15 bits per heavy atom. The van der Waals surface area contributed by atoms with Gasteiger partial charge in [0.15, 0.2) is 0 Å². The lowest BCUT2D eigenvalue weighted by Crippen LogP contribution is -2.62. The summed E-state index contributed by atoms with van der Waals surface area (Å²) in [6.07, 6.45) is 0.0353. The topological polar surface area (TPSA) is 47.9 Å². The number of aliphatic imine (C=N–C) groups is 1. The maximum absolute atomic E-state index is 12.6. The number of benzene rings is 1. The highest BCUT2D eigenvalue weighted by atomic mass is 16.2. The largest absolute Gasteiger partial charge is 0.363 e. The lowest BCUT2D eigenvalue weighted by atomic mass is 10.1. The highest BCUT2D eigenvalue weighted by Crippen LogP contribution is 2.27. The van der Waals surface area contributed by atoms with Crippen LogP contribution in [0.4, 0.5) is 5.69 Å². The minimum atomic E-state index is 0.0353. The van der Waals surface area contributed by atoms with Crippen molar-refractivity contribution in [3.05, 3.63) is 29.8 Å². The summed E-state index contributed by atoms with van der Waals surface area (Å²) in [7, 11) is 0. The smallest absolute Gasteiger partial charge is 0.258 e. The number of amides is 1. The number of fused-ring (bicyclic) bond motifs is 2. The van der Waals surface area contributed by atoms with Crippen LogP contribution in [0.25, 0.3) is 0 Å². The lowest BCUT2D eigenvalue weighted by molar-refractivity contribution is 0.0655. The number of amidine groups is 1. The second kappa shape index (κ2) is 5.15. The maximum atomic E-state index is 12.6. The molecule has 0 radical (unpaired) electrons. The molecule has 1 unspecified atom stereocenters. The van der Waals surface area contributed by atoms with Crippen molar-refractivity contribution >= 4 is 17.4 Å². The van der Waals surface area contributed by atoms with E-state index in [9.17, 15) is 4.79 Å². The fraction of sp³-hybridized carbons (Fsp3) is 0.467. The summed E-state index contributed by atoms with van der Waals surface area (Å²) in [5.41, 5.74) is 1.69. The number of piperazine rings is 1. The summed E-state index contributed by atoms with van der Waals surface area (Å²) >= 11 is 0. The first-order valence-corrected chi connectivity index (χ1v) is 7.19. The Labute approximate surface area is 119 Å². The van der Waals surface area contributed by atoms with Crippen LogP contribution in [0, 0.1) is 0 Å². The quantitative estimate of drug-likeness (QED) is 0.890. The molecule has 0 saturated carbocycles. The molecule has 0 spiro atoms. The molecule has 0 aliphatic carbocycles. The molecular formula is C15H20N4O. The summed E-state index contributed by atoms with van der Waals surface area (Å²) in [5.74, 6) is 1.12. The third-order valence-electron chi connectivity index (χ3n) is 3.91. The molecule has 106 valence electrons. The number of hydrogen-bond acceptors (Lipinski definition) is 3. The Kier molecular flexibility index (Phi) is 3.34. The number of nitrogens with one attached hydrogen (secondary N) is 1. The Morgan fingerprint density at radius 3 is 2.90 bits per heavy atom. The molecule has 20 heavy (non-hydrogen) atoms. The minimum absolute atomic E-state index is 0.0353. The molecule has 0 bridgehead atoms. The fourth-order valence-electron chi connectivity index (χ4n) is 2.89. The van der Waals surface area contributed by atoms with Crippen LogP contribution in [0.15, 0.2) is 29.3 Å². The van der Waals surface area contributed by atoms with E-state index in [4.69, 9.17) is 0 Å². The van der Waals surface area contributed by atoms with Crippen LogP contribution >= 0.6 is 0 Å². The van der Waals surface area contributed by atoms with Gasteiger partial charge in [-0.05, 0) is 26.0 Å². The summed E-state index contributed by atoms with van der Waals surface area (Å²) < 4.78 is 0. The first-order chi connectivity index (χ1) is 9.74. The number of anilines is 1. The zero-order chi connectivity index (χ0) is 14.1. The van der Waals surface area contributed by atoms with Gasteiger partial charge in [-0.1, -0.05) is 12.1 Å². The summed E-state index contributed by atoms with van der Waals surface area (Å²) in [4.78, 5) is 21.3. The maximum Gasteiger partial charge on any atom is 0.258 e. The van der Waals surface area contributed by atoms with Crippen LogP contribution in [0.2, 0.25) is 0 Å². The minimum Gasteiger partial charge on any atom is -0.363 e. The molecule has 5 nitrogen and oxygen atoms in total. The van der Waals surface area contributed by atoms with E-state index in [-0.39, 0.29) is 12.1 Å². The van der Waals surface area contributed by atoms with Crippen LogP contribution in [-0.2, 0) is 0 Å². The molecule has 1 N–H and O–H groups in total. The monoisotopic (exact) mass is 272 g/mol. The van der Waals surface area contributed by atoms with Crippen LogP contribution in [0.5, 0.6) is 0 Å². The molecule has 0 aromatic heterocycles. The van der Waals surface area contributed by atoms with Crippen molar-refractivity contribution in [1.82, 2.24) is 9.80 Å².